The van der Waals surface area contributed by atoms with Gasteiger partial charge < -0.3 is 15.5 Å². The number of hydrogen-bond acceptors (Lipinski definition) is 2. The number of hydrogen-bond donors (Lipinski definition) is 2. The van der Waals surface area contributed by atoms with Gasteiger partial charge in [-0.15, -0.1) is 0 Å². The van der Waals surface area contributed by atoms with Crippen LogP contribution in [0.15, 0.2) is 24.3 Å². The monoisotopic (exact) mass is 379 g/mol. The van der Waals surface area contributed by atoms with E-state index in [2.05, 4.69) is 36.6 Å². The number of benzene rings is 1. The van der Waals surface area contributed by atoms with Gasteiger partial charge in [0.25, 0.3) is 0 Å². The summed E-state index contributed by atoms with van der Waals surface area (Å²) in [5, 5.41) is 6.05. The Kier molecular flexibility index (Phi) is 6.56. The lowest BCUT2D eigenvalue weighted by atomic mass is 9.70. The second kappa shape index (κ2) is 8.30. The van der Waals surface area contributed by atoms with Crippen molar-refractivity contribution in [3.05, 3.63) is 34.9 Å². The van der Waals surface area contributed by atoms with E-state index in [1.54, 1.807) is 7.05 Å². The van der Waals surface area contributed by atoms with Gasteiger partial charge in [-0.05, 0) is 41.4 Å². The summed E-state index contributed by atoms with van der Waals surface area (Å²) < 4.78 is 0. The highest BCUT2D eigenvalue weighted by Crippen LogP contribution is 2.42. The molecule has 1 heterocycles. The molecule has 0 spiro atoms. The van der Waals surface area contributed by atoms with Crippen molar-refractivity contribution in [2.45, 2.75) is 46.1 Å². The molecule has 26 heavy (non-hydrogen) atoms. The quantitative estimate of drug-likeness (QED) is 0.839. The molecule has 2 atom stereocenters. The normalized spacial score (nSPS) is 20.6. The lowest BCUT2D eigenvalue weighted by molar-refractivity contribution is -0.137. The van der Waals surface area contributed by atoms with Gasteiger partial charge in [0.05, 0.1) is 0 Å². The maximum absolute atomic E-state index is 13.0. The molecular formula is C20H30ClN3O2. The summed E-state index contributed by atoms with van der Waals surface area (Å²) in [5.41, 5.74) is 1.20. The van der Waals surface area contributed by atoms with Crippen LogP contribution in [0, 0.1) is 11.3 Å². The van der Waals surface area contributed by atoms with E-state index in [4.69, 9.17) is 11.6 Å². The van der Waals surface area contributed by atoms with E-state index in [1.807, 2.05) is 30.9 Å². The topological polar surface area (TPSA) is 61.4 Å². The largest absolute Gasteiger partial charge is 0.341 e. The smallest absolute Gasteiger partial charge is 0.315 e. The van der Waals surface area contributed by atoms with E-state index in [0.717, 1.165) is 11.4 Å². The summed E-state index contributed by atoms with van der Waals surface area (Å²) in [6.07, 6.45) is 0.894. The number of amides is 3. The van der Waals surface area contributed by atoms with Crippen molar-refractivity contribution in [3.63, 3.8) is 0 Å². The molecular weight excluding hydrogens is 350 g/mol. The zero-order valence-corrected chi connectivity index (χ0v) is 17.1. The molecule has 1 unspecified atom stereocenters. The summed E-state index contributed by atoms with van der Waals surface area (Å²) in [6.45, 7) is 9.64. The summed E-state index contributed by atoms with van der Waals surface area (Å²) >= 11 is 6.01. The molecule has 1 fully saturated rings. The molecule has 2 N–H and O–H groups in total. The Morgan fingerprint density at radius 1 is 1.23 bits per heavy atom. The fourth-order valence-corrected chi connectivity index (χ4v) is 3.91. The predicted octanol–water partition coefficient (Wildman–Crippen LogP) is 3.64. The van der Waals surface area contributed by atoms with Crippen molar-refractivity contribution in [2.24, 2.45) is 11.3 Å². The third kappa shape index (κ3) is 4.70. The van der Waals surface area contributed by atoms with E-state index in [1.165, 1.54) is 5.56 Å². The van der Waals surface area contributed by atoms with E-state index in [-0.39, 0.29) is 23.3 Å². The van der Waals surface area contributed by atoms with Crippen molar-refractivity contribution >= 4 is 23.5 Å². The van der Waals surface area contributed by atoms with Crippen LogP contribution in [0.25, 0.3) is 0 Å². The SMILES string of the molecule is CNC(=O)N[C@@H](C(=O)N1CCC(c2ccc(Cl)cc2)C(C)(C)C1)C(C)C. The van der Waals surface area contributed by atoms with Crippen LogP contribution in [0.3, 0.4) is 0 Å². The number of nitrogens with one attached hydrogen (secondary N) is 2. The van der Waals surface area contributed by atoms with E-state index in [9.17, 15) is 9.59 Å². The van der Waals surface area contributed by atoms with E-state index < -0.39 is 6.04 Å². The van der Waals surface area contributed by atoms with Crippen LogP contribution in [0.2, 0.25) is 5.02 Å². The summed E-state index contributed by atoms with van der Waals surface area (Å²) in [4.78, 5) is 26.6. The first kappa shape index (κ1) is 20.6. The van der Waals surface area contributed by atoms with Crippen molar-refractivity contribution in [1.82, 2.24) is 15.5 Å². The van der Waals surface area contributed by atoms with Gasteiger partial charge in [-0.25, -0.2) is 4.79 Å². The molecule has 1 saturated heterocycles. The Morgan fingerprint density at radius 2 is 1.85 bits per heavy atom. The molecule has 1 aromatic carbocycles. The van der Waals surface area contributed by atoms with Crippen LogP contribution in [-0.2, 0) is 4.79 Å². The lowest BCUT2D eigenvalue weighted by Crippen LogP contribution is -2.56. The summed E-state index contributed by atoms with van der Waals surface area (Å²) in [6, 6.07) is 7.16. The predicted molar refractivity (Wildman–Crippen MR) is 105 cm³/mol. The number of rotatable bonds is 4. The molecule has 1 aliphatic rings. The summed E-state index contributed by atoms with van der Waals surface area (Å²) in [5.74, 6) is 0.386. The Hall–Kier alpha value is -1.75. The first-order valence-electron chi connectivity index (χ1n) is 9.18. The average molecular weight is 380 g/mol. The van der Waals surface area contributed by atoms with Crippen LogP contribution in [-0.4, -0.2) is 43.0 Å². The first-order valence-corrected chi connectivity index (χ1v) is 9.56. The number of carbonyl (C=O) groups excluding carboxylic acids is 2. The third-order valence-corrected chi connectivity index (χ3v) is 5.51. The van der Waals surface area contributed by atoms with Gasteiger partial charge >= 0.3 is 6.03 Å². The highest BCUT2D eigenvalue weighted by molar-refractivity contribution is 6.30. The maximum Gasteiger partial charge on any atom is 0.315 e. The highest BCUT2D eigenvalue weighted by atomic mass is 35.5. The summed E-state index contributed by atoms with van der Waals surface area (Å²) in [7, 11) is 1.55. The highest BCUT2D eigenvalue weighted by Gasteiger charge is 2.40. The third-order valence-electron chi connectivity index (χ3n) is 5.26. The molecule has 144 valence electrons. The number of piperidine rings is 1. The number of carbonyl (C=O) groups is 2. The molecule has 1 aliphatic heterocycles. The Labute approximate surface area is 161 Å². The maximum atomic E-state index is 13.0. The van der Waals surface area contributed by atoms with Crippen LogP contribution in [0.1, 0.15) is 45.6 Å². The Bertz CT molecular complexity index is 643. The average Bonchev–Trinajstić information content (AvgIpc) is 2.58. The van der Waals surface area contributed by atoms with Gasteiger partial charge in [0.15, 0.2) is 0 Å². The minimum atomic E-state index is -0.516. The number of likely N-dealkylation sites (tertiary alicyclic amines) is 1. The molecule has 0 bridgehead atoms. The van der Waals surface area contributed by atoms with Crippen LogP contribution in [0.4, 0.5) is 4.79 Å². The van der Waals surface area contributed by atoms with E-state index >= 15 is 0 Å². The second-order valence-corrected chi connectivity index (χ2v) is 8.52. The van der Waals surface area contributed by atoms with Crippen molar-refractivity contribution in [3.8, 4) is 0 Å². The molecule has 2 rings (SSSR count). The van der Waals surface area contributed by atoms with Crippen LogP contribution in [0.5, 0.6) is 0 Å². The zero-order chi connectivity index (χ0) is 19.5. The van der Waals surface area contributed by atoms with Crippen molar-refractivity contribution in [1.29, 1.82) is 0 Å². The van der Waals surface area contributed by atoms with Gasteiger partial charge in [0, 0.05) is 25.2 Å². The van der Waals surface area contributed by atoms with Crippen LogP contribution >= 0.6 is 11.6 Å². The van der Waals surface area contributed by atoms with Crippen molar-refractivity contribution in [2.75, 3.05) is 20.1 Å². The molecule has 0 saturated carbocycles. The number of nitrogens with zero attached hydrogens (tertiary/aromatic N) is 1. The van der Waals surface area contributed by atoms with Gasteiger partial charge in [-0.3, -0.25) is 4.79 Å². The fraction of sp³-hybridized carbons (Fsp3) is 0.600. The Balaban J connectivity index is 2.13. The Morgan fingerprint density at radius 3 is 2.35 bits per heavy atom. The second-order valence-electron chi connectivity index (χ2n) is 8.09. The molecule has 6 heteroatoms. The minimum absolute atomic E-state index is 0.00812. The molecule has 3 amide bonds. The number of urea groups is 1. The van der Waals surface area contributed by atoms with E-state index in [0.29, 0.717) is 19.0 Å². The molecule has 1 aromatic rings. The van der Waals surface area contributed by atoms with Gasteiger partial charge in [0.2, 0.25) is 5.91 Å². The molecule has 5 nitrogen and oxygen atoms in total. The standard InChI is InChI=1S/C20H30ClN3O2/c1-13(2)17(23-19(26)22-5)18(25)24-11-10-16(20(3,4)12-24)14-6-8-15(21)9-7-14/h6-9,13,16-17H,10-12H2,1-5H3,(H2,22,23,26)/t16?,17-/m1/s1. The number of halogens is 1. The molecule has 0 aromatic heterocycles. The minimum Gasteiger partial charge on any atom is -0.341 e. The van der Waals surface area contributed by atoms with Crippen LogP contribution < -0.4 is 10.6 Å². The van der Waals surface area contributed by atoms with Gasteiger partial charge in [0.1, 0.15) is 6.04 Å². The molecule has 0 radical (unpaired) electrons. The zero-order valence-electron chi connectivity index (χ0n) is 16.3. The molecule has 0 aliphatic carbocycles. The van der Waals surface area contributed by atoms with Gasteiger partial charge in [-0.2, -0.15) is 0 Å². The lowest BCUT2D eigenvalue weighted by Gasteiger charge is -2.45. The van der Waals surface area contributed by atoms with Gasteiger partial charge in [-0.1, -0.05) is 51.4 Å². The van der Waals surface area contributed by atoms with Crippen molar-refractivity contribution < 1.29 is 9.59 Å². The first-order chi connectivity index (χ1) is 12.2. The fourth-order valence-electron chi connectivity index (χ4n) is 3.78.